The Labute approximate surface area is 220 Å². The first-order valence-electron chi connectivity index (χ1n) is 11.9. The summed E-state index contributed by atoms with van der Waals surface area (Å²) >= 11 is 0. The number of rotatable bonds is 14. The largest absolute Gasteiger partial charge is 0.481 e. The lowest BCUT2D eigenvalue weighted by atomic mass is 9.96. The summed E-state index contributed by atoms with van der Waals surface area (Å²) in [6.07, 6.45) is 2.50. The van der Waals surface area contributed by atoms with Crippen LogP contribution in [0.3, 0.4) is 0 Å². The van der Waals surface area contributed by atoms with Crippen LogP contribution in [0, 0.1) is 0 Å². The lowest BCUT2D eigenvalue weighted by Crippen LogP contribution is -2.42. The van der Waals surface area contributed by atoms with E-state index in [9.17, 15) is 14.4 Å². The molecule has 0 atom stereocenters. The van der Waals surface area contributed by atoms with Crippen LogP contribution < -0.4 is 0 Å². The van der Waals surface area contributed by atoms with Gasteiger partial charge in [0.15, 0.2) is 5.60 Å². The molecule has 12 heteroatoms. The number of hydrogen-bond donors (Lipinski definition) is 5. The van der Waals surface area contributed by atoms with Crippen molar-refractivity contribution in [3.63, 3.8) is 0 Å². The van der Waals surface area contributed by atoms with E-state index < -0.39 is 36.4 Å². The molecule has 0 aliphatic heterocycles. The predicted molar refractivity (Wildman–Crippen MR) is 137 cm³/mol. The fourth-order valence-corrected chi connectivity index (χ4v) is 3.69. The average molecular weight is 531 g/mol. The van der Waals surface area contributed by atoms with Gasteiger partial charge in [-0.15, -0.1) is 0 Å². The van der Waals surface area contributed by atoms with Gasteiger partial charge in [0.05, 0.1) is 37.5 Å². The highest BCUT2D eigenvalue weighted by atomic mass is 16.4. The molecule has 0 spiro atoms. The van der Waals surface area contributed by atoms with Crippen molar-refractivity contribution in [1.29, 1.82) is 0 Å². The predicted octanol–water partition coefficient (Wildman–Crippen LogP) is 2.38. The Hall–Kier alpha value is -4.00. The summed E-state index contributed by atoms with van der Waals surface area (Å²) in [5, 5.41) is 41.2. The maximum Gasteiger partial charge on any atom is 0.336 e. The van der Waals surface area contributed by atoms with Gasteiger partial charge in [-0.3, -0.25) is 19.6 Å². The number of hydrogen-bond acceptors (Lipinski definition) is 8. The monoisotopic (exact) mass is 530 g/mol. The SMILES string of the molecule is CN(C)CCCN(Cc1ccco1)Cc1cn[nH]c1-c1ccccc1.O=C(O)CC(O)(CC(=O)O)C(=O)O. The van der Waals surface area contributed by atoms with Gasteiger partial charge in [0.25, 0.3) is 0 Å². The lowest BCUT2D eigenvalue weighted by Gasteiger charge is -2.22. The maximum absolute atomic E-state index is 10.3. The molecule has 0 aliphatic carbocycles. The van der Waals surface area contributed by atoms with Gasteiger partial charge < -0.3 is 29.7 Å². The van der Waals surface area contributed by atoms with Crippen LogP contribution in [-0.2, 0) is 27.5 Å². The van der Waals surface area contributed by atoms with Crippen LogP contribution in [0.2, 0.25) is 0 Å². The summed E-state index contributed by atoms with van der Waals surface area (Å²) in [7, 11) is 4.22. The van der Waals surface area contributed by atoms with Crippen molar-refractivity contribution in [2.45, 2.75) is 38.0 Å². The number of H-pyrrole nitrogens is 1. The zero-order chi connectivity index (χ0) is 28.1. The topological polar surface area (TPSA) is 180 Å². The summed E-state index contributed by atoms with van der Waals surface area (Å²) in [6.45, 7) is 3.73. The molecule has 2 aromatic heterocycles. The van der Waals surface area contributed by atoms with Gasteiger partial charge in [-0.25, -0.2) is 4.79 Å². The first-order chi connectivity index (χ1) is 18.0. The van der Waals surface area contributed by atoms with E-state index in [4.69, 9.17) is 24.8 Å². The molecule has 0 bridgehead atoms. The number of nitrogens with one attached hydrogen (secondary N) is 1. The molecule has 0 saturated carbocycles. The summed E-state index contributed by atoms with van der Waals surface area (Å²) in [6, 6.07) is 14.3. The van der Waals surface area contributed by atoms with Crippen molar-refractivity contribution in [1.82, 2.24) is 20.0 Å². The number of furan rings is 1. The van der Waals surface area contributed by atoms with Crippen molar-refractivity contribution in [2.24, 2.45) is 0 Å². The summed E-state index contributed by atoms with van der Waals surface area (Å²) < 4.78 is 5.55. The van der Waals surface area contributed by atoms with Gasteiger partial charge in [0.2, 0.25) is 0 Å². The molecule has 3 rings (SSSR count). The molecule has 38 heavy (non-hydrogen) atoms. The number of carboxylic acids is 3. The molecule has 2 heterocycles. The van der Waals surface area contributed by atoms with Crippen molar-refractivity contribution in [2.75, 3.05) is 27.2 Å². The molecule has 0 amide bonds. The van der Waals surface area contributed by atoms with E-state index in [1.165, 1.54) is 11.1 Å². The van der Waals surface area contributed by atoms with Crippen LogP contribution in [0.4, 0.5) is 0 Å². The molecule has 1 aromatic carbocycles. The average Bonchev–Trinajstić information content (AvgIpc) is 3.51. The Kier molecular flexibility index (Phi) is 11.7. The normalized spacial score (nSPS) is 11.3. The summed E-state index contributed by atoms with van der Waals surface area (Å²) in [5.41, 5.74) is 0.735. The van der Waals surface area contributed by atoms with E-state index in [-0.39, 0.29) is 0 Å². The smallest absolute Gasteiger partial charge is 0.336 e. The third kappa shape index (κ3) is 10.2. The minimum Gasteiger partial charge on any atom is -0.481 e. The van der Waals surface area contributed by atoms with Gasteiger partial charge in [-0.2, -0.15) is 5.10 Å². The van der Waals surface area contributed by atoms with E-state index in [1.54, 1.807) is 6.26 Å². The lowest BCUT2D eigenvalue weighted by molar-refractivity contribution is -0.170. The quantitative estimate of drug-likeness (QED) is 0.206. The van der Waals surface area contributed by atoms with Gasteiger partial charge in [-0.05, 0) is 44.8 Å². The number of carboxylic acid groups (broad SMARTS) is 3. The van der Waals surface area contributed by atoms with Gasteiger partial charge in [-0.1, -0.05) is 30.3 Å². The molecule has 0 aliphatic rings. The zero-order valence-corrected chi connectivity index (χ0v) is 21.4. The summed E-state index contributed by atoms with van der Waals surface area (Å²) in [5.74, 6) is -4.02. The van der Waals surface area contributed by atoms with E-state index in [0.717, 1.165) is 44.1 Å². The summed E-state index contributed by atoms with van der Waals surface area (Å²) in [4.78, 5) is 35.1. The highest BCUT2D eigenvalue weighted by molar-refractivity contribution is 5.88. The minimum atomic E-state index is -2.74. The first kappa shape index (κ1) is 30.2. The van der Waals surface area contributed by atoms with Crippen LogP contribution in [0.25, 0.3) is 11.3 Å². The number of benzene rings is 1. The Morgan fingerprint density at radius 2 is 1.61 bits per heavy atom. The van der Waals surface area contributed by atoms with Crippen molar-refractivity contribution in [3.05, 3.63) is 66.2 Å². The molecule has 0 unspecified atom stereocenters. The Balaban J connectivity index is 0.000000332. The zero-order valence-electron chi connectivity index (χ0n) is 21.4. The van der Waals surface area contributed by atoms with E-state index in [2.05, 4.69) is 58.4 Å². The van der Waals surface area contributed by atoms with Crippen LogP contribution in [0.15, 0.2) is 59.3 Å². The highest BCUT2D eigenvalue weighted by Gasteiger charge is 2.40. The fourth-order valence-electron chi connectivity index (χ4n) is 3.69. The number of aromatic amines is 1. The number of nitrogens with zero attached hydrogens (tertiary/aromatic N) is 3. The van der Waals surface area contributed by atoms with Gasteiger partial charge in [0, 0.05) is 18.7 Å². The molecule has 0 fully saturated rings. The third-order valence-electron chi connectivity index (χ3n) is 5.50. The van der Waals surface area contributed by atoms with Crippen LogP contribution in [0.1, 0.15) is 30.6 Å². The molecule has 206 valence electrons. The highest BCUT2D eigenvalue weighted by Crippen LogP contribution is 2.23. The Morgan fingerprint density at radius 3 is 2.13 bits per heavy atom. The van der Waals surface area contributed by atoms with Crippen molar-refractivity contribution in [3.8, 4) is 11.3 Å². The van der Waals surface area contributed by atoms with Crippen LogP contribution >= 0.6 is 0 Å². The second-order valence-corrected chi connectivity index (χ2v) is 9.06. The Morgan fingerprint density at radius 1 is 0.947 bits per heavy atom. The number of aliphatic carboxylic acids is 3. The van der Waals surface area contributed by atoms with Crippen LogP contribution in [-0.4, -0.2) is 91.1 Å². The van der Waals surface area contributed by atoms with Gasteiger partial charge >= 0.3 is 17.9 Å². The third-order valence-corrected chi connectivity index (χ3v) is 5.50. The maximum atomic E-state index is 10.3. The molecule has 5 N–H and O–H groups in total. The van der Waals surface area contributed by atoms with E-state index in [0.29, 0.717) is 0 Å². The molecule has 3 aromatic rings. The molecular formula is C26H34N4O8. The number of aliphatic hydroxyl groups is 1. The second-order valence-electron chi connectivity index (χ2n) is 9.06. The van der Waals surface area contributed by atoms with Gasteiger partial charge in [0.1, 0.15) is 5.76 Å². The number of aromatic nitrogens is 2. The van der Waals surface area contributed by atoms with E-state index in [1.807, 2.05) is 24.4 Å². The van der Waals surface area contributed by atoms with Crippen molar-refractivity contribution >= 4 is 17.9 Å². The molecule has 0 radical (unpaired) electrons. The number of carbonyl (C=O) groups is 3. The molecule has 12 nitrogen and oxygen atoms in total. The van der Waals surface area contributed by atoms with E-state index >= 15 is 0 Å². The van der Waals surface area contributed by atoms with Crippen LogP contribution in [0.5, 0.6) is 0 Å². The minimum absolute atomic E-state index is 0.805. The standard InChI is InChI=1S/C20H26N4O.C6H8O7/c1-23(2)11-7-12-24(16-19-10-6-13-25-19)15-18-14-21-22-20(18)17-8-4-3-5-9-17;7-3(8)1-6(13,5(11)12)2-4(9)10/h3-6,8-10,13-14H,7,11-12,15-16H2,1-2H3,(H,21,22);13H,1-2H2,(H,7,8)(H,9,10)(H,11,12). The molecular weight excluding hydrogens is 496 g/mol. The first-order valence-corrected chi connectivity index (χ1v) is 11.9. The second kappa shape index (κ2) is 14.7. The molecule has 0 saturated heterocycles. The fraction of sp³-hybridized carbons (Fsp3) is 0.385. The Bertz CT molecular complexity index is 1130. The van der Waals surface area contributed by atoms with Crippen molar-refractivity contribution < 1.29 is 39.2 Å².